The Labute approximate surface area is 107 Å². The van der Waals surface area contributed by atoms with Gasteiger partial charge in [0.15, 0.2) is 5.15 Å². The van der Waals surface area contributed by atoms with Crippen LogP contribution in [0.25, 0.3) is 0 Å². The fourth-order valence-corrected chi connectivity index (χ4v) is 2.57. The lowest BCUT2D eigenvalue weighted by atomic mass is 9.95. The van der Waals surface area contributed by atoms with Gasteiger partial charge in [0.05, 0.1) is 12.3 Å². The highest BCUT2D eigenvalue weighted by Crippen LogP contribution is 2.28. The third-order valence-electron chi connectivity index (χ3n) is 3.18. The largest absolute Gasteiger partial charge is 0.383 e. The number of likely N-dealkylation sites (tertiary alicyclic amines) is 1. The number of hydrogen-bond acceptors (Lipinski definition) is 4. The first kappa shape index (κ1) is 12.7. The summed E-state index contributed by atoms with van der Waals surface area (Å²) in [7, 11) is 1.74. The molecule has 1 aliphatic heterocycles. The summed E-state index contributed by atoms with van der Waals surface area (Å²) in [5, 5.41) is 0.547. The molecule has 0 aromatic carbocycles. The van der Waals surface area contributed by atoms with E-state index in [1.54, 1.807) is 19.5 Å². The van der Waals surface area contributed by atoms with E-state index in [1.807, 2.05) is 0 Å². The SMILES string of the molecule is COCCN1CCC[C@H](c2nccnc2Cl)C1. The van der Waals surface area contributed by atoms with Crippen LogP contribution in [-0.2, 0) is 4.74 Å². The maximum atomic E-state index is 6.09. The minimum Gasteiger partial charge on any atom is -0.383 e. The zero-order chi connectivity index (χ0) is 12.1. The summed E-state index contributed by atoms with van der Waals surface area (Å²) in [6.45, 7) is 3.89. The van der Waals surface area contributed by atoms with E-state index in [2.05, 4.69) is 14.9 Å². The molecule has 0 N–H and O–H groups in total. The summed E-state index contributed by atoms with van der Waals surface area (Å²) < 4.78 is 5.11. The molecule has 1 fully saturated rings. The van der Waals surface area contributed by atoms with Gasteiger partial charge in [-0.25, -0.2) is 4.98 Å². The minimum absolute atomic E-state index is 0.404. The normalized spacial score (nSPS) is 21.6. The van der Waals surface area contributed by atoms with E-state index >= 15 is 0 Å². The third-order valence-corrected chi connectivity index (χ3v) is 3.47. The molecule has 5 heteroatoms. The second kappa shape index (κ2) is 6.28. The predicted molar refractivity (Wildman–Crippen MR) is 67.3 cm³/mol. The van der Waals surface area contributed by atoms with Gasteiger partial charge in [-0.2, -0.15) is 0 Å². The van der Waals surface area contributed by atoms with Crippen molar-refractivity contribution in [3.8, 4) is 0 Å². The maximum absolute atomic E-state index is 6.09. The van der Waals surface area contributed by atoms with Gasteiger partial charge < -0.3 is 9.64 Å². The van der Waals surface area contributed by atoms with Gasteiger partial charge in [0, 0.05) is 38.5 Å². The first-order valence-corrected chi connectivity index (χ1v) is 6.36. The predicted octanol–water partition coefficient (Wildman–Crippen LogP) is 1.96. The molecule has 1 aromatic heterocycles. The van der Waals surface area contributed by atoms with Crippen LogP contribution in [0.2, 0.25) is 5.15 Å². The Kier molecular flexibility index (Phi) is 4.71. The summed E-state index contributed by atoms with van der Waals surface area (Å²) in [4.78, 5) is 10.9. The number of piperidine rings is 1. The highest BCUT2D eigenvalue weighted by Gasteiger charge is 2.24. The standard InChI is InChI=1S/C12H18ClN3O/c1-17-8-7-16-6-2-3-10(9-16)11-12(13)15-5-4-14-11/h4-5,10H,2-3,6-9H2,1H3/t10-/m0/s1. The van der Waals surface area contributed by atoms with Crippen LogP contribution in [0.5, 0.6) is 0 Å². The van der Waals surface area contributed by atoms with Crippen molar-refractivity contribution in [2.24, 2.45) is 0 Å². The van der Waals surface area contributed by atoms with Gasteiger partial charge >= 0.3 is 0 Å². The zero-order valence-corrected chi connectivity index (χ0v) is 10.9. The molecule has 4 nitrogen and oxygen atoms in total. The van der Waals surface area contributed by atoms with Crippen LogP contribution in [0, 0.1) is 0 Å². The molecule has 2 heterocycles. The average Bonchev–Trinajstić information content (AvgIpc) is 2.37. The zero-order valence-electron chi connectivity index (χ0n) is 10.1. The second-order valence-electron chi connectivity index (χ2n) is 4.36. The van der Waals surface area contributed by atoms with E-state index in [4.69, 9.17) is 16.3 Å². The van der Waals surface area contributed by atoms with E-state index in [9.17, 15) is 0 Å². The molecule has 0 bridgehead atoms. The molecular weight excluding hydrogens is 238 g/mol. The Balaban J connectivity index is 1.99. The number of methoxy groups -OCH3 is 1. The number of nitrogens with zero attached hydrogens (tertiary/aromatic N) is 3. The molecule has 0 aliphatic carbocycles. The monoisotopic (exact) mass is 255 g/mol. The van der Waals surface area contributed by atoms with Crippen molar-refractivity contribution < 1.29 is 4.74 Å². The van der Waals surface area contributed by atoms with E-state index in [0.717, 1.165) is 38.4 Å². The van der Waals surface area contributed by atoms with Gasteiger partial charge in [0.2, 0.25) is 0 Å². The van der Waals surface area contributed by atoms with Gasteiger partial charge in [0.25, 0.3) is 0 Å². The van der Waals surface area contributed by atoms with Crippen LogP contribution >= 0.6 is 11.6 Å². The highest BCUT2D eigenvalue weighted by molar-refractivity contribution is 6.30. The van der Waals surface area contributed by atoms with Crippen molar-refractivity contribution in [3.05, 3.63) is 23.2 Å². The lowest BCUT2D eigenvalue weighted by Gasteiger charge is -2.32. The minimum atomic E-state index is 0.404. The topological polar surface area (TPSA) is 38.2 Å². The Hall–Kier alpha value is -0.710. The van der Waals surface area contributed by atoms with Gasteiger partial charge in [-0.1, -0.05) is 11.6 Å². The molecule has 94 valence electrons. The van der Waals surface area contributed by atoms with Crippen molar-refractivity contribution in [2.45, 2.75) is 18.8 Å². The molecule has 17 heavy (non-hydrogen) atoms. The molecule has 2 rings (SSSR count). The molecular formula is C12H18ClN3O. The quantitative estimate of drug-likeness (QED) is 0.824. The fourth-order valence-electron chi connectivity index (χ4n) is 2.31. The van der Waals surface area contributed by atoms with E-state index < -0.39 is 0 Å². The van der Waals surface area contributed by atoms with Crippen LogP contribution in [0.4, 0.5) is 0 Å². The van der Waals surface area contributed by atoms with Gasteiger partial charge in [0.1, 0.15) is 0 Å². The van der Waals surface area contributed by atoms with Gasteiger partial charge in [-0.05, 0) is 19.4 Å². The Morgan fingerprint density at radius 3 is 3.06 bits per heavy atom. The van der Waals surface area contributed by atoms with Crippen molar-refractivity contribution in [3.63, 3.8) is 0 Å². The van der Waals surface area contributed by atoms with Gasteiger partial charge in [-0.15, -0.1) is 0 Å². The molecule has 0 unspecified atom stereocenters. The fraction of sp³-hybridized carbons (Fsp3) is 0.667. The van der Waals surface area contributed by atoms with Crippen molar-refractivity contribution in [2.75, 3.05) is 33.4 Å². The van der Waals surface area contributed by atoms with Crippen molar-refractivity contribution in [1.82, 2.24) is 14.9 Å². The molecule has 1 aromatic rings. The lowest BCUT2D eigenvalue weighted by molar-refractivity contribution is 0.127. The molecule has 0 saturated carbocycles. The highest BCUT2D eigenvalue weighted by atomic mass is 35.5. The molecule has 0 amide bonds. The summed E-state index contributed by atoms with van der Waals surface area (Å²) >= 11 is 6.09. The number of rotatable bonds is 4. The van der Waals surface area contributed by atoms with Crippen LogP contribution in [-0.4, -0.2) is 48.2 Å². The van der Waals surface area contributed by atoms with Gasteiger partial charge in [-0.3, -0.25) is 4.98 Å². The first-order valence-electron chi connectivity index (χ1n) is 5.99. The molecule has 1 saturated heterocycles. The van der Waals surface area contributed by atoms with E-state index in [-0.39, 0.29) is 0 Å². The molecule has 0 spiro atoms. The summed E-state index contributed by atoms with van der Waals surface area (Å²) in [6, 6.07) is 0. The smallest absolute Gasteiger partial charge is 0.150 e. The number of hydrogen-bond donors (Lipinski definition) is 0. The first-order chi connectivity index (χ1) is 8.31. The van der Waals surface area contributed by atoms with E-state index in [0.29, 0.717) is 11.1 Å². The maximum Gasteiger partial charge on any atom is 0.150 e. The van der Waals surface area contributed by atoms with Crippen molar-refractivity contribution >= 4 is 11.6 Å². The van der Waals surface area contributed by atoms with Crippen LogP contribution in [0.1, 0.15) is 24.5 Å². The average molecular weight is 256 g/mol. The Morgan fingerprint density at radius 2 is 2.29 bits per heavy atom. The Bertz CT molecular complexity index is 361. The lowest BCUT2D eigenvalue weighted by Crippen LogP contribution is -2.36. The molecule has 0 radical (unpaired) electrons. The van der Waals surface area contributed by atoms with E-state index in [1.165, 1.54) is 6.42 Å². The van der Waals surface area contributed by atoms with Crippen LogP contribution in [0.15, 0.2) is 12.4 Å². The summed E-state index contributed by atoms with van der Waals surface area (Å²) in [5.74, 6) is 0.404. The second-order valence-corrected chi connectivity index (χ2v) is 4.72. The summed E-state index contributed by atoms with van der Waals surface area (Å²) in [6.07, 6.45) is 5.68. The molecule has 1 aliphatic rings. The van der Waals surface area contributed by atoms with Crippen LogP contribution in [0.3, 0.4) is 0 Å². The third kappa shape index (κ3) is 3.37. The van der Waals surface area contributed by atoms with Crippen LogP contribution < -0.4 is 0 Å². The number of aromatic nitrogens is 2. The number of halogens is 1. The summed E-state index contributed by atoms with van der Waals surface area (Å²) in [5.41, 5.74) is 0.941. The molecule has 1 atom stereocenters. The van der Waals surface area contributed by atoms with Crippen molar-refractivity contribution in [1.29, 1.82) is 0 Å². The Morgan fingerprint density at radius 1 is 1.47 bits per heavy atom. The number of ether oxygens (including phenoxy) is 1.